The number of carbonyl (C=O) groups excluding carboxylic acids is 2. The van der Waals surface area contributed by atoms with Crippen LogP contribution in [-0.2, 0) is 11.3 Å². The Bertz CT molecular complexity index is 948. The number of hydrogen-bond acceptors (Lipinski definition) is 5. The summed E-state index contributed by atoms with van der Waals surface area (Å²) in [4.78, 5) is 29.7. The van der Waals surface area contributed by atoms with Gasteiger partial charge < -0.3 is 20.2 Å². The van der Waals surface area contributed by atoms with Crippen LogP contribution in [0.15, 0.2) is 47.2 Å². The number of aliphatic hydroxyl groups is 1. The molecular formula is C26H35N3O4. The first-order valence-corrected chi connectivity index (χ1v) is 12.0. The summed E-state index contributed by atoms with van der Waals surface area (Å²) in [5.41, 5.74) is 0.410. The molecule has 0 bridgehead atoms. The fourth-order valence-electron chi connectivity index (χ4n) is 6.18. The van der Waals surface area contributed by atoms with Gasteiger partial charge in [0.25, 0.3) is 5.91 Å². The summed E-state index contributed by atoms with van der Waals surface area (Å²) < 4.78 is 5.30. The number of nitrogens with zero attached hydrogens (tertiary/aromatic N) is 1. The lowest BCUT2D eigenvalue weighted by atomic mass is 9.51. The van der Waals surface area contributed by atoms with E-state index in [1.54, 1.807) is 36.7 Å². The van der Waals surface area contributed by atoms with Crippen LogP contribution in [0.3, 0.4) is 0 Å². The smallest absolute Gasteiger partial charge is 0.270 e. The van der Waals surface area contributed by atoms with Gasteiger partial charge in [0, 0.05) is 18.2 Å². The zero-order valence-corrected chi connectivity index (χ0v) is 19.7. The number of nitrogens with one attached hydrogen (secondary N) is 2. The molecule has 3 N–H and O–H groups in total. The molecule has 7 atom stereocenters. The molecule has 0 aliphatic heterocycles. The van der Waals surface area contributed by atoms with Gasteiger partial charge in [-0.2, -0.15) is 0 Å². The number of carbonyl (C=O) groups is 2. The number of fused-ring (bicyclic) bond motifs is 1. The van der Waals surface area contributed by atoms with Gasteiger partial charge in [-0.15, -0.1) is 0 Å². The van der Waals surface area contributed by atoms with Crippen molar-refractivity contribution in [2.75, 3.05) is 0 Å². The van der Waals surface area contributed by atoms with Crippen molar-refractivity contribution in [3.63, 3.8) is 0 Å². The summed E-state index contributed by atoms with van der Waals surface area (Å²) >= 11 is 0. The van der Waals surface area contributed by atoms with Gasteiger partial charge in [0.15, 0.2) is 0 Å². The molecule has 2 aliphatic carbocycles. The van der Waals surface area contributed by atoms with Crippen LogP contribution >= 0.6 is 0 Å². The van der Waals surface area contributed by atoms with Crippen molar-refractivity contribution in [2.45, 2.75) is 65.1 Å². The summed E-state index contributed by atoms with van der Waals surface area (Å²) in [6.07, 6.45) is 6.22. The minimum absolute atomic E-state index is 0.00588. The largest absolute Gasteiger partial charge is 0.467 e. The van der Waals surface area contributed by atoms with Crippen molar-refractivity contribution in [1.29, 1.82) is 0 Å². The molecule has 2 heterocycles. The van der Waals surface area contributed by atoms with Crippen molar-refractivity contribution < 1.29 is 19.1 Å². The fourth-order valence-corrected chi connectivity index (χ4v) is 6.18. The van der Waals surface area contributed by atoms with E-state index in [0.29, 0.717) is 18.0 Å². The number of pyridine rings is 1. The van der Waals surface area contributed by atoms with E-state index in [9.17, 15) is 14.7 Å². The molecule has 2 saturated carbocycles. The minimum atomic E-state index is -0.599. The highest BCUT2D eigenvalue weighted by Crippen LogP contribution is 2.55. The molecule has 7 nitrogen and oxygen atoms in total. The second kappa shape index (κ2) is 9.67. The Labute approximate surface area is 195 Å². The Morgan fingerprint density at radius 1 is 1.24 bits per heavy atom. The van der Waals surface area contributed by atoms with E-state index in [2.05, 4.69) is 29.5 Å². The topological polar surface area (TPSA) is 104 Å². The monoisotopic (exact) mass is 453 g/mol. The van der Waals surface area contributed by atoms with Crippen LogP contribution in [0.25, 0.3) is 0 Å². The maximum atomic E-state index is 12.8. The van der Waals surface area contributed by atoms with Crippen LogP contribution in [0.2, 0.25) is 0 Å². The van der Waals surface area contributed by atoms with Crippen molar-refractivity contribution in [3.8, 4) is 0 Å². The van der Waals surface area contributed by atoms with E-state index in [1.165, 1.54) is 0 Å². The molecule has 2 amide bonds. The van der Waals surface area contributed by atoms with Crippen molar-refractivity contribution in [1.82, 2.24) is 15.6 Å². The number of rotatable bonds is 6. The highest BCUT2D eigenvalue weighted by molar-refractivity contribution is 5.92. The lowest BCUT2D eigenvalue weighted by Gasteiger charge is -2.56. The van der Waals surface area contributed by atoms with Crippen LogP contribution < -0.4 is 10.6 Å². The van der Waals surface area contributed by atoms with Gasteiger partial charge in [-0.05, 0) is 73.1 Å². The zero-order chi connectivity index (χ0) is 23.6. The highest BCUT2D eigenvalue weighted by Gasteiger charge is 2.53. The highest BCUT2D eigenvalue weighted by atomic mass is 16.3. The van der Waals surface area contributed by atoms with Gasteiger partial charge in [-0.3, -0.25) is 14.6 Å². The maximum Gasteiger partial charge on any atom is 0.270 e. The molecule has 0 spiro atoms. The second-order valence-electron chi connectivity index (χ2n) is 10.2. The Morgan fingerprint density at radius 2 is 2.03 bits per heavy atom. The van der Waals surface area contributed by atoms with Crippen LogP contribution in [0.4, 0.5) is 0 Å². The fraction of sp³-hybridized carbons (Fsp3) is 0.577. The van der Waals surface area contributed by atoms with Gasteiger partial charge in [-0.25, -0.2) is 0 Å². The Balaban J connectivity index is 1.43. The van der Waals surface area contributed by atoms with Crippen molar-refractivity contribution in [3.05, 3.63) is 54.2 Å². The lowest BCUT2D eigenvalue weighted by molar-refractivity contribution is -0.142. The average molecular weight is 454 g/mol. The molecule has 2 fully saturated rings. The van der Waals surface area contributed by atoms with E-state index in [1.807, 2.05) is 13.0 Å². The minimum Gasteiger partial charge on any atom is -0.467 e. The number of aromatic nitrogens is 1. The molecule has 0 unspecified atom stereocenters. The van der Waals surface area contributed by atoms with Gasteiger partial charge in [0.05, 0.1) is 18.9 Å². The van der Waals surface area contributed by atoms with Crippen LogP contribution in [0.5, 0.6) is 0 Å². The standard InChI is InChI=1S/C26H35N3O4/c1-16(24(31)28-15-18-7-6-14-33-18)19-9-11-26(3)12-10-20(17(2)22(26)23(19)30)29-25(32)21-8-4-5-13-27-21/h4-8,13-14,16-17,19-20,22-23,30H,9-12,15H2,1-3H3,(H,28,31)(H,29,32)/t16-,17-,19+,20-,22+,23-,26+/m0/s1. The number of amides is 2. The SMILES string of the molecule is C[C@@H]1[C@@H]2[C@@H](O)[C@@H]([C@H](C)C(=O)NCc3ccco3)CC[C@]2(C)CC[C@@H]1NC(=O)c1ccccn1. The van der Waals surface area contributed by atoms with Crippen LogP contribution in [0.1, 0.15) is 62.7 Å². The molecular weight excluding hydrogens is 418 g/mol. The molecule has 2 aliphatic rings. The molecule has 0 saturated heterocycles. The number of furan rings is 1. The van der Waals surface area contributed by atoms with E-state index >= 15 is 0 Å². The quantitative estimate of drug-likeness (QED) is 0.621. The number of aliphatic hydroxyl groups excluding tert-OH is 1. The predicted molar refractivity (Wildman–Crippen MR) is 124 cm³/mol. The summed E-state index contributed by atoms with van der Waals surface area (Å²) in [6.45, 7) is 6.63. The van der Waals surface area contributed by atoms with E-state index in [-0.39, 0.29) is 46.9 Å². The van der Waals surface area contributed by atoms with Gasteiger partial charge in [0.2, 0.25) is 5.91 Å². The van der Waals surface area contributed by atoms with Crippen molar-refractivity contribution >= 4 is 11.8 Å². The molecule has 0 radical (unpaired) electrons. The molecule has 2 aromatic rings. The average Bonchev–Trinajstić information content (AvgIpc) is 3.33. The summed E-state index contributed by atoms with van der Waals surface area (Å²) in [7, 11) is 0. The molecule has 7 heteroatoms. The third-order valence-corrected chi connectivity index (χ3v) is 8.17. The summed E-state index contributed by atoms with van der Waals surface area (Å²) in [6, 6.07) is 8.89. The zero-order valence-electron chi connectivity index (χ0n) is 19.7. The van der Waals surface area contributed by atoms with Gasteiger partial charge in [-0.1, -0.05) is 26.8 Å². The number of hydrogen-bond donors (Lipinski definition) is 3. The third-order valence-electron chi connectivity index (χ3n) is 8.17. The Hall–Kier alpha value is -2.67. The molecule has 0 aromatic carbocycles. The van der Waals surface area contributed by atoms with E-state index in [0.717, 1.165) is 25.7 Å². The van der Waals surface area contributed by atoms with E-state index < -0.39 is 6.10 Å². The lowest BCUT2D eigenvalue weighted by Crippen LogP contribution is -2.58. The molecule has 2 aromatic heterocycles. The van der Waals surface area contributed by atoms with Gasteiger partial charge in [0.1, 0.15) is 11.5 Å². The maximum absolute atomic E-state index is 12.8. The first-order valence-electron chi connectivity index (χ1n) is 12.0. The van der Waals surface area contributed by atoms with E-state index in [4.69, 9.17) is 4.42 Å². The summed E-state index contributed by atoms with van der Waals surface area (Å²) in [5, 5.41) is 17.6. The Morgan fingerprint density at radius 3 is 2.73 bits per heavy atom. The predicted octanol–water partition coefficient (Wildman–Crippen LogP) is 3.55. The second-order valence-corrected chi connectivity index (χ2v) is 10.2. The first-order chi connectivity index (χ1) is 15.8. The molecule has 4 rings (SSSR count). The van der Waals surface area contributed by atoms with Crippen molar-refractivity contribution in [2.24, 2.45) is 29.1 Å². The third kappa shape index (κ3) is 4.83. The first kappa shape index (κ1) is 23.5. The Kier molecular flexibility index (Phi) is 6.88. The van der Waals surface area contributed by atoms with Crippen LogP contribution in [0, 0.1) is 29.1 Å². The molecule has 178 valence electrons. The normalized spacial score (nSPS) is 32.4. The van der Waals surface area contributed by atoms with Crippen LogP contribution in [-0.4, -0.2) is 34.1 Å². The summed E-state index contributed by atoms with van der Waals surface area (Å²) in [5.74, 6) is 0.139. The van der Waals surface area contributed by atoms with Gasteiger partial charge >= 0.3 is 0 Å². The molecule has 33 heavy (non-hydrogen) atoms.